The summed E-state index contributed by atoms with van der Waals surface area (Å²) in [7, 11) is 0. The maximum absolute atomic E-state index is 12.5. The first-order valence-electron chi connectivity index (χ1n) is 5.98. The van der Waals surface area contributed by atoms with Crippen molar-refractivity contribution < 1.29 is 27.5 Å². The minimum Gasteiger partial charge on any atom is -0.464 e. The van der Waals surface area contributed by atoms with Crippen LogP contribution < -0.4 is 5.32 Å². The highest BCUT2D eigenvalue weighted by molar-refractivity contribution is 5.86. The van der Waals surface area contributed by atoms with E-state index in [4.69, 9.17) is 0 Å². The van der Waals surface area contributed by atoms with Gasteiger partial charge in [-0.1, -0.05) is 18.2 Å². The van der Waals surface area contributed by atoms with E-state index < -0.39 is 29.7 Å². The lowest BCUT2D eigenvalue weighted by molar-refractivity contribution is -0.141. The zero-order chi connectivity index (χ0) is 14.8. The van der Waals surface area contributed by atoms with Crippen LogP contribution in [0.15, 0.2) is 24.3 Å². The van der Waals surface area contributed by atoms with E-state index in [1.807, 2.05) is 0 Å². The van der Waals surface area contributed by atoms with Crippen LogP contribution in [0.2, 0.25) is 0 Å². The van der Waals surface area contributed by atoms with Gasteiger partial charge in [-0.05, 0) is 11.6 Å². The summed E-state index contributed by atoms with van der Waals surface area (Å²) in [6, 6.07) is 3.84. The molecule has 1 fully saturated rings. The van der Waals surface area contributed by atoms with Crippen LogP contribution >= 0.6 is 0 Å². The molecule has 108 valence electrons. The lowest BCUT2D eigenvalue weighted by Gasteiger charge is -2.10. The number of carbonyl (C=O) groups excluding carboxylic acids is 2. The number of amides is 1. The third-order valence-corrected chi connectivity index (χ3v) is 2.89. The number of alkyl halides is 3. The highest BCUT2D eigenvalue weighted by Gasteiger charge is 2.31. The van der Waals surface area contributed by atoms with E-state index in [9.17, 15) is 22.8 Å². The molecule has 7 heteroatoms. The van der Waals surface area contributed by atoms with Gasteiger partial charge in [0, 0.05) is 6.42 Å². The van der Waals surface area contributed by atoms with Gasteiger partial charge in [0.25, 0.3) is 0 Å². The third kappa shape index (κ3) is 3.49. The second-order valence-corrected chi connectivity index (χ2v) is 4.45. The van der Waals surface area contributed by atoms with Gasteiger partial charge in [-0.2, -0.15) is 13.2 Å². The van der Waals surface area contributed by atoms with E-state index in [2.05, 4.69) is 10.1 Å². The summed E-state index contributed by atoms with van der Waals surface area (Å²) in [5.41, 5.74) is -0.563. The predicted molar refractivity (Wildman–Crippen MR) is 62.7 cm³/mol. The number of ether oxygens (including phenoxy) is 1. The molecule has 4 nitrogen and oxygen atoms in total. The Morgan fingerprint density at radius 3 is 2.75 bits per heavy atom. The average molecular weight is 287 g/mol. The molecule has 1 atom stereocenters. The molecule has 0 bridgehead atoms. The van der Waals surface area contributed by atoms with E-state index in [1.54, 1.807) is 0 Å². The van der Waals surface area contributed by atoms with Gasteiger partial charge in [0.2, 0.25) is 5.91 Å². The van der Waals surface area contributed by atoms with Gasteiger partial charge < -0.3 is 10.1 Å². The minimum absolute atomic E-state index is 0.215. The summed E-state index contributed by atoms with van der Waals surface area (Å²) in [4.78, 5) is 22.8. The first kappa shape index (κ1) is 14.4. The fourth-order valence-electron chi connectivity index (χ4n) is 1.92. The number of hydrogen-bond donors (Lipinski definition) is 1. The van der Waals surface area contributed by atoms with Gasteiger partial charge in [-0.3, -0.25) is 4.79 Å². The molecule has 1 aromatic rings. The molecule has 0 saturated carbocycles. The van der Waals surface area contributed by atoms with E-state index in [0.29, 0.717) is 6.42 Å². The maximum Gasteiger partial charge on any atom is 0.416 e. The Hall–Kier alpha value is -2.05. The van der Waals surface area contributed by atoms with Crippen molar-refractivity contribution in [3.8, 4) is 0 Å². The van der Waals surface area contributed by atoms with Gasteiger partial charge in [-0.25, -0.2) is 4.79 Å². The van der Waals surface area contributed by atoms with Crippen LogP contribution in [0.25, 0.3) is 0 Å². The summed E-state index contributed by atoms with van der Waals surface area (Å²) in [6.07, 6.45) is -4.28. The standard InChI is InChI=1S/C13H12F3NO3/c14-13(15,16)9-3-1-2-8(6-9)7-11(18)17-10-4-5-20-12(10)19/h1-3,6,10H,4-5,7H2,(H,17,18)/t10-/m0/s1. The zero-order valence-electron chi connectivity index (χ0n) is 10.4. The number of benzene rings is 1. The monoisotopic (exact) mass is 287 g/mol. The Labute approximate surface area is 112 Å². The molecular formula is C13H12F3NO3. The van der Waals surface area contributed by atoms with Crippen molar-refractivity contribution in [2.75, 3.05) is 6.61 Å². The van der Waals surface area contributed by atoms with Crippen LogP contribution in [0.5, 0.6) is 0 Å². The number of esters is 1. The molecule has 0 unspecified atom stereocenters. The summed E-state index contributed by atoms with van der Waals surface area (Å²) < 4.78 is 42.2. The minimum atomic E-state index is -4.44. The van der Waals surface area contributed by atoms with Gasteiger partial charge >= 0.3 is 12.1 Å². The normalized spacial score (nSPS) is 18.8. The van der Waals surface area contributed by atoms with Crippen LogP contribution in [0.3, 0.4) is 0 Å². The molecule has 1 aliphatic heterocycles. The molecule has 0 aliphatic carbocycles. The molecule has 1 aromatic carbocycles. The van der Waals surface area contributed by atoms with Crippen LogP contribution in [-0.2, 0) is 26.9 Å². The Balaban J connectivity index is 1.99. The van der Waals surface area contributed by atoms with Crippen LogP contribution in [0, 0.1) is 0 Å². The Kier molecular flexibility index (Phi) is 3.96. The SMILES string of the molecule is O=C(Cc1cccc(C(F)(F)F)c1)N[C@H]1CCOC1=O. The molecular weight excluding hydrogens is 275 g/mol. The van der Waals surface area contributed by atoms with Crippen molar-refractivity contribution in [3.05, 3.63) is 35.4 Å². The lowest BCUT2D eigenvalue weighted by Crippen LogP contribution is -2.38. The molecule has 1 saturated heterocycles. The van der Waals surface area contributed by atoms with Crippen molar-refractivity contribution in [1.29, 1.82) is 0 Å². The molecule has 20 heavy (non-hydrogen) atoms. The molecule has 1 amide bonds. The van der Waals surface area contributed by atoms with E-state index in [1.165, 1.54) is 12.1 Å². The number of rotatable bonds is 3. The van der Waals surface area contributed by atoms with Gasteiger partial charge in [0.05, 0.1) is 18.6 Å². The molecule has 0 radical (unpaired) electrons. The Morgan fingerprint density at radius 1 is 1.40 bits per heavy atom. The van der Waals surface area contributed by atoms with Crippen molar-refractivity contribution in [2.45, 2.75) is 25.1 Å². The second-order valence-electron chi connectivity index (χ2n) is 4.45. The largest absolute Gasteiger partial charge is 0.464 e. The average Bonchev–Trinajstić information content (AvgIpc) is 2.74. The molecule has 1 N–H and O–H groups in total. The van der Waals surface area contributed by atoms with Crippen LogP contribution in [-0.4, -0.2) is 24.5 Å². The number of cyclic esters (lactones) is 1. The van der Waals surface area contributed by atoms with Crippen molar-refractivity contribution in [2.24, 2.45) is 0 Å². The first-order chi connectivity index (χ1) is 9.36. The first-order valence-corrected chi connectivity index (χ1v) is 5.98. The smallest absolute Gasteiger partial charge is 0.416 e. The number of carbonyl (C=O) groups is 2. The van der Waals surface area contributed by atoms with Crippen molar-refractivity contribution in [3.63, 3.8) is 0 Å². The summed E-state index contributed by atoms with van der Waals surface area (Å²) in [6.45, 7) is 0.243. The molecule has 2 rings (SSSR count). The second kappa shape index (κ2) is 5.52. The van der Waals surface area contributed by atoms with Crippen molar-refractivity contribution >= 4 is 11.9 Å². The molecule has 1 aliphatic rings. The molecule has 1 heterocycles. The highest BCUT2D eigenvalue weighted by atomic mass is 19.4. The topological polar surface area (TPSA) is 55.4 Å². The Bertz CT molecular complexity index is 528. The fourth-order valence-corrected chi connectivity index (χ4v) is 1.92. The fraction of sp³-hybridized carbons (Fsp3) is 0.385. The highest BCUT2D eigenvalue weighted by Crippen LogP contribution is 2.29. The summed E-state index contributed by atoms with van der Waals surface area (Å²) in [5, 5.41) is 2.44. The quantitative estimate of drug-likeness (QED) is 0.861. The van der Waals surface area contributed by atoms with Gasteiger partial charge in [0.15, 0.2) is 0 Å². The van der Waals surface area contributed by atoms with Crippen LogP contribution in [0.4, 0.5) is 13.2 Å². The van der Waals surface area contributed by atoms with E-state index in [-0.39, 0.29) is 18.6 Å². The number of hydrogen-bond acceptors (Lipinski definition) is 3. The summed E-state index contributed by atoms with van der Waals surface area (Å²) in [5.74, 6) is -1.02. The molecule has 0 aromatic heterocycles. The molecule has 0 spiro atoms. The third-order valence-electron chi connectivity index (χ3n) is 2.89. The van der Waals surface area contributed by atoms with Gasteiger partial charge in [0.1, 0.15) is 6.04 Å². The number of nitrogens with one attached hydrogen (secondary N) is 1. The van der Waals surface area contributed by atoms with E-state index in [0.717, 1.165) is 12.1 Å². The maximum atomic E-state index is 12.5. The van der Waals surface area contributed by atoms with Crippen LogP contribution in [0.1, 0.15) is 17.5 Å². The lowest BCUT2D eigenvalue weighted by atomic mass is 10.1. The van der Waals surface area contributed by atoms with E-state index >= 15 is 0 Å². The Morgan fingerprint density at radius 2 is 2.15 bits per heavy atom. The summed E-state index contributed by atoms with van der Waals surface area (Å²) >= 11 is 0. The zero-order valence-corrected chi connectivity index (χ0v) is 10.4. The number of halogens is 3. The van der Waals surface area contributed by atoms with Gasteiger partial charge in [-0.15, -0.1) is 0 Å². The predicted octanol–water partition coefficient (Wildman–Crippen LogP) is 1.68. The van der Waals surface area contributed by atoms with Crippen molar-refractivity contribution in [1.82, 2.24) is 5.32 Å².